The normalized spacial score (nSPS) is 11.4. The average Bonchev–Trinajstić information content (AvgIpc) is 2.45. The van der Waals surface area contributed by atoms with Gasteiger partial charge in [-0.05, 0) is 35.4 Å². The van der Waals surface area contributed by atoms with Gasteiger partial charge in [-0.25, -0.2) is 0 Å². The van der Waals surface area contributed by atoms with Crippen molar-refractivity contribution in [2.24, 2.45) is 0 Å². The number of halogens is 3. The zero-order chi connectivity index (χ0) is 14.6. The molecule has 2 aromatic carbocycles. The van der Waals surface area contributed by atoms with E-state index in [0.717, 1.165) is 17.7 Å². The van der Waals surface area contributed by atoms with Gasteiger partial charge in [0.05, 0.1) is 12.2 Å². The van der Waals surface area contributed by atoms with E-state index in [1.165, 1.54) is 12.1 Å². The van der Waals surface area contributed by atoms with E-state index in [1.54, 1.807) is 24.3 Å². The van der Waals surface area contributed by atoms with Crippen molar-refractivity contribution >= 4 is 0 Å². The maximum Gasteiger partial charge on any atom is 0.416 e. The Morgan fingerprint density at radius 3 is 1.90 bits per heavy atom. The molecule has 0 radical (unpaired) electrons. The van der Waals surface area contributed by atoms with E-state index >= 15 is 0 Å². The Balaban J connectivity index is 1.96. The van der Waals surface area contributed by atoms with Gasteiger partial charge in [-0.2, -0.15) is 13.2 Å². The van der Waals surface area contributed by atoms with E-state index in [2.05, 4.69) is 0 Å². The standard InChI is InChI=1S/C15H13F3O2/c16-15(17,18)13-5-1-12(2-6-13)10-20-14-7-3-11(9-19)4-8-14/h1-8,19H,9-10H2. The van der Waals surface area contributed by atoms with E-state index in [0.29, 0.717) is 11.3 Å². The molecule has 0 saturated carbocycles. The molecule has 0 unspecified atom stereocenters. The van der Waals surface area contributed by atoms with Gasteiger partial charge >= 0.3 is 6.18 Å². The molecule has 0 fully saturated rings. The monoisotopic (exact) mass is 282 g/mol. The summed E-state index contributed by atoms with van der Waals surface area (Å²) in [5.74, 6) is 0.599. The Labute approximate surface area is 114 Å². The summed E-state index contributed by atoms with van der Waals surface area (Å²) in [7, 11) is 0. The van der Waals surface area contributed by atoms with E-state index in [4.69, 9.17) is 9.84 Å². The van der Waals surface area contributed by atoms with Gasteiger partial charge in [0.1, 0.15) is 12.4 Å². The topological polar surface area (TPSA) is 29.5 Å². The molecule has 0 atom stereocenters. The third kappa shape index (κ3) is 3.74. The minimum Gasteiger partial charge on any atom is -0.489 e. The zero-order valence-corrected chi connectivity index (χ0v) is 10.5. The van der Waals surface area contributed by atoms with E-state index in [9.17, 15) is 13.2 Å². The van der Waals surface area contributed by atoms with Crippen molar-refractivity contribution in [2.45, 2.75) is 19.4 Å². The molecular formula is C15H13F3O2. The number of aliphatic hydroxyl groups is 1. The Bertz CT molecular complexity index is 545. The number of benzene rings is 2. The van der Waals surface area contributed by atoms with Crippen LogP contribution < -0.4 is 4.74 Å². The molecule has 0 spiro atoms. The third-order valence-corrected chi connectivity index (χ3v) is 2.79. The van der Waals surface area contributed by atoms with Crippen LogP contribution in [0.3, 0.4) is 0 Å². The Hall–Kier alpha value is -2.01. The van der Waals surface area contributed by atoms with E-state index < -0.39 is 11.7 Å². The molecule has 0 aliphatic rings. The summed E-state index contributed by atoms with van der Waals surface area (Å²) >= 11 is 0. The van der Waals surface area contributed by atoms with Crippen LogP contribution in [0.2, 0.25) is 0 Å². The van der Waals surface area contributed by atoms with Crippen LogP contribution in [0.5, 0.6) is 5.75 Å². The quantitative estimate of drug-likeness (QED) is 0.924. The number of hydrogen-bond donors (Lipinski definition) is 1. The lowest BCUT2D eigenvalue weighted by molar-refractivity contribution is -0.137. The fourth-order valence-corrected chi connectivity index (χ4v) is 1.65. The maximum absolute atomic E-state index is 12.4. The molecule has 0 aliphatic heterocycles. The number of alkyl halides is 3. The van der Waals surface area contributed by atoms with Gasteiger partial charge < -0.3 is 9.84 Å². The molecule has 0 heterocycles. The summed E-state index contributed by atoms with van der Waals surface area (Å²) < 4.78 is 42.6. The summed E-state index contributed by atoms with van der Waals surface area (Å²) in [5.41, 5.74) is 0.754. The van der Waals surface area contributed by atoms with Crippen molar-refractivity contribution in [2.75, 3.05) is 0 Å². The molecule has 2 nitrogen and oxygen atoms in total. The number of hydrogen-bond acceptors (Lipinski definition) is 2. The van der Waals surface area contributed by atoms with Gasteiger partial charge in [0.15, 0.2) is 0 Å². The van der Waals surface area contributed by atoms with Crippen molar-refractivity contribution < 1.29 is 23.0 Å². The first-order valence-corrected chi connectivity index (χ1v) is 5.98. The van der Waals surface area contributed by atoms with Crippen LogP contribution in [0.4, 0.5) is 13.2 Å². The molecule has 0 saturated heterocycles. The first-order chi connectivity index (χ1) is 9.49. The molecule has 2 rings (SSSR count). The third-order valence-electron chi connectivity index (χ3n) is 2.79. The molecule has 0 aliphatic carbocycles. The van der Waals surface area contributed by atoms with Crippen LogP contribution in [-0.4, -0.2) is 5.11 Å². The second-order valence-electron chi connectivity index (χ2n) is 4.29. The van der Waals surface area contributed by atoms with Gasteiger partial charge in [0, 0.05) is 0 Å². The predicted octanol–water partition coefficient (Wildman–Crippen LogP) is 3.78. The molecule has 2 aromatic rings. The summed E-state index contributed by atoms with van der Waals surface area (Å²) in [6.07, 6.45) is -4.32. The summed E-state index contributed by atoms with van der Waals surface area (Å²) in [6.45, 7) is 0.149. The fourth-order valence-electron chi connectivity index (χ4n) is 1.65. The minimum absolute atomic E-state index is 0.0425. The number of rotatable bonds is 4. The van der Waals surface area contributed by atoms with Gasteiger partial charge in [-0.1, -0.05) is 24.3 Å². The number of ether oxygens (including phenoxy) is 1. The molecule has 0 aromatic heterocycles. The van der Waals surface area contributed by atoms with E-state index in [1.807, 2.05) is 0 Å². The Morgan fingerprint density at radius 2 is 1.40 bits per heavy atom. The van der Waals surface area contributed by atoms with Crippen molar-refractivity contribution in [1.82, 2.24) is 0 Å². The van der Waals surface area contributed by atoms with Crippen LogP contribution in [-0.2, 0) is 19.4 Å². The van der Waals surface area contributed by atoms with Crippen molar-refractivity contribution in [3.63, 3.8) is 0 Å². The lowest BCUT2D eigenvalue weighted by Gasteiger charge is -2.09. The molecule has 5 heteroatoms. The molecule has 0 bridgehead atoms. The van der Waals surface area contributed by atoms with Gasteiger partial charge in [0.2, 0.25) is 0 Å². The maximum atomic E-state index is 12.4. The van der Waals surface area contributed by atoms with Crippen LogP contribution in [0.15, 0.2) is 48.5 Å². The average molecular weight is 282 g/mol. The minimum atomic E-state index is -4.32. The Morgan fingerprint density at radius 1 is 0.850 bits per heavy atom. The first-order valence-electron chi connectivity index (χ1n) is 5.98. The second kappa shape index (κ2) is 5.96. The van der Waals surface area contributed by atoms with Gasteiger partial charge in [-0.15, -0.1) is 0 Å². The summed E-state index contributed by atoms with van der Waals surface area (Å²) in [5, 5.41) is 8.90. The highest BCUT2D eigenvalue weighted by molar-refractivity contribution is 5.28. The van der Waals surface area contributed by atoms with Crippen LogP contribution in [0.1, 0.15) is 16.7 Å². The summed E-state index contributed by atoms with van der Waals surface area (Å²) in [4.78, 5) is 0. The molecule has 20 heavy (non-hydrogen) atoms. The predicted molar refractivity (Wildman–Crippen MR) is 68.1 cm³/mol. The first kappa shape index (κ1) is 14.4. The molecule has 0 amide bonds. The highest BCUT2D eigenvalue weighted by Gasteiger charge is 2.29. The second-order valence-corrected chi connectivity index (χ2v) is 4.29. The number of aliphatic hydroxyl groups excluding tert-OH is 1. The van der Waals surface area contributed by atoms with Crippen LogP contribution >= 0.6 is 0 Å². The largest absolute Gasteiger partial charge is 0.489 e. The van der Waals surface area contributed by atoms with E-state index in [-0.39, 0.29) is 13.2 Å². The van der Waals surface area contributed by atoms with Gasteiger partial charge in [-0.3, -0.25) is 0 Å². The lowest BCUT2D eigenvalue weighted by Crippen LogP contribution is -2.05. The van der Waals surface area contributed by atoms with Crippen molar-refractivity contribution in [3.05, 3.63) is 65.2 Å². The smallest absolute Gasteiger partial charge is 0.416 e. The van der Waals surface area contributed by atoms with Crippen LogP contribution in [0.25, 0.3) is 0 Å². The van der Waals surface area contributed by atoms with Crippen molar-refractivity contribution in [3.8, 4) is 5.75 Å². The fraction of sp³-hybridized carbons (Fsp3) is 0.200. The van der Waals surface area contributed by atoms with Gasteiger partial charge in [0.25, 0.3) is 0 Å². The molecular weight excluding hydrogens is 269 g/mol. The highest BCUT2D eigenvalue weighted by Crippen LogP contribution is 2.29. The molecule has 1 N–H and O–H groups in total. The van der Waals surface area contributed by atoms with Crippen molar-refractivity contribution in [1.29, 1.82) is 0 Å². The molecule has 106 valence electrons. The van der Waals surface area contributed by atoms with Crippen LogP contribution in [0, 0.1) is 0 Å². The lowest BCUT2D eigenvalue weighted by atomic mass is 10.1. The Kier molecular flexibility index (Phi) is 4.29. The zero-order valence-electron chi connectivity index (χ0n) is 10.5. The SMILES string of the molecule is OCc1ccc(OCc2ccc(C(F)(F)F)cc2)cc1. The highest BCUT2D eigenvalue weighted by atomic mass is 19.4. The summed E-state index contributed by atoms with van der Waals surface area (Å²) in [6, 6.07) is 11.7.